The van der Waals surface area contributed by atoms with E-state index in [4.69, 9.17) is 15.5 Å². The van der Waals surface area contributed by atoms with Gasteiger partial charge >= 0.3 is 13.5 Å². The number of aliphatic hydroxyl groups is 1. The summed E-state index contributed by atoms with van der Waals surface area (Å²) in [5.74, 6) is -0.0755. The van der Waals surface area contributed by atoms with Crippen LogP contribution >= 0.6 is 7.82 Å². The number of nitrogens with zero attached hydrogens (tertiary/aromatic N) is 3. The van der Waals surface area contributed by atoms with Gasteiger partial charge in [-0.2, -0.15) is 0 Å². The Balaban J connectivity index is 2.27. The monoisotopic (exact) mass is 320 g/mol. The van der Waals surface area contributed by atoms with Gasteiger partial charge in [-0.3, -0.25) is 18.9 Å². The van der Waals surface area contributed by atoms with Gasteiger partial charge in [0.1, 0.15) is 6.10 Å². The quantitative estimate of drug-likeness (QED) is 0.300. The van der Waals surface area contributed by atoms with Crippen molar-refractivity contribution in [2.24, 2.45) is 7.05 Å². The molecule has 0 bridgehead atoms. The third-order valence-electron chi connectivity index (χ3n) is 2.67. The highest BCUT2D eigenvalue weighted by Crippen LogP contribution is 2.35. The van der Waals surface area contributed by atoms with Crippen LogP contribution in [0.5, 0.6) is 0 Å². The standard InChI is InChI=1S/C9H14N5O6P/c1-13-4-14(2-5(15)3-20-21(17,18)19)7-6(13)8(16)12-9(10)11-7/h4-5,15H,2-3H2,1H3,(H4-,10,11,12,16,17,18,19)/p+1. The van der Waals surface area contributed by atoms with Crippen molar-refractivity contribution < 1.29 is 28.5 Å². The maximum absolute atomic E-state index is 11.8. The number of aliphatic hydroxyl groups excluding tert-OH is 1. The molecule has 0 aliphatic rings. The van der Waals surface area contributed by atoms with Crippen molar-refractivity contribution in [2.75, 3.05) is 12.3 Å². The van der Waals surface area contributed by atoms with E-state index in [1.54, 1.807) is 7.05 Å². The smallest absolute Gasteiger partial charge is 0.387 e. The van der Waals surface area contributed by atoms with Crippen molar-refractivity contribution in [3.05, 3.63) is 16.7 Å². The Kier molecular flexibility index (Phi) is 4.12. The summed E-state index contributed by atoms with van der Waals surface area (Å²) in [5.41, 5.74) is 5.54. The van der Waals surface area contributed by atoms with E-state index in [-0.39, 0.29) is 23.7 Å². The summed E-state index contributed by atoms with van der Waals surface area (Å²) in [6, 6.07) is 0. The average molecular weight is 320 g/mol. The Morgan fingerprint density at radius 2 is 2.29 bits per heavy atom. The number of nitrogens with two attached hydrogens (primary N) is 1. The average Bonchev–Trinajstić information content (AvgIpc) is 2.62. The fourth-order valence-corrected chi connectivity index (χ4v) is 2.27. The number of hydrogen-bond donors (Lipinski definition) is 5. The lowest BCUT2D eigenvalue weighted by molar-refractivity contribution is -0.681. The highest BCUT2D eigenvalue weighted by atomic mass is 31.2. The van der Waals surface area contributed by atoms with Crippen LogP contribution in [0.3, 0.4) is 0 Å². The first kappa shape index (κ1) is 15.6. The van der Waals surface area contributed by atoms with Gasteiger partial charge in [-0.1, -0.05) is 4.98 Å². The second-order valence-electron chi connectivity index (χ2n) is 4.44. The van der Waals surface area contributed by atoms with Gasteiger partial charge in [-0.25, -0.2) is 9.13 Å². The maximum atomic E-state index is 11.8. The summed E-state index contributed by atoms with van der Waals surface area (Å²) in [5, 5.41) is 9.73. The summed E-state index contributed by atoms with van der Waals surface area (Å²) in [6.45, 7) is -0.639. The summed E-state index contributed by atoms with van der Waals surface area (Å²) < 4.78 is 17.7. The lowest BCUT2D eigenvalue weighted by Gasteiger charge is -2.10. The number of anilines is 1. The summed E-state index contributed by atoms with van der Waals surface area (Å²) in [6.07, 6.45) is 0.308. The molecule has 12 heteroatoms. The first-order valence-corrected chi connectivity index (χ1v) is 7.33. The number of nitrogens with one attached hydrogen (secondary N) is 1. The molecule has 6 N–H and O–H groups in total. The Morgan fingerprint density at radius 3 is 2.90 bits per heavy atom. The fraction of sp³-hybridized carbons (Fsp3) is 0.444. The summed E-state index contributed by atoms with van der Waals surface area (Å²) in [4.78, 5) is 35.3. The molecule has 2 aromatic rings. The zero-order valence-corrected chi connectivity index (χ0v) is 11.9. The van der Waals surface area contributed by atoms with Crippen molar-refractivity contribution in [1.29, 1.82) is 0 Å². The number of H-pyrrole nitrogens is 1. The maximum Gasteiger partial charge on any atom is 0.469 e. The van der Waals surface area contributed by atoms with Crippen LogP contribution in [0, 0.1) is 0 Å². The molecule has 116 valence electrons. The van der Waals surface area contributed by atoms with Crippen molar-refractivity contribution in [2.45, 2.75) is 12.6 Å². The number of phosphoric ester groups is 1. The molecule has 21 heavy (non-hydrogen) atoms. The predicted molar refractivity (Wildman–Crippen MR) is 69.9 cm³/mol. The van der Waals surface area contributed by atoms with E-state index in [0.717, 1.165) is 0 Å². The van der Waals surface area contributed by atoms with Crippen LogP contribution in [0.2, 0.25) is 0 Å². The van der Waals surface area contributed by atoms with Gasteiger partial charge in [0, 0.05) is 0 Å². The molecule has 0 amide bonds. The van der Waals surface area contributed by atoms with Gasteiger partial charge < -0.3 is 20.6 Å². The SMILES string of the molecule is Cn1c[n+](CC(O)COP(=O)(O)O)c2nc(N)[nH]c(=O)c21. The van der Waals surface area contributed by atoms with Crippen LogP contribution in [0.1, 0.15) is 0 Å². The van der Waals surface area contributed by atoms with Crippen LogP contribution in [-0.4, -0.2) is 42.1 Å². The highest BCUT2D eigenvalue weighted by molar-refractivity contribution is 7.46. The molecule has 0 fully saturated rings. The third-order valence-corrected chi connectivity index (χ3v) is 3.16. The number of nitrogen functional groups attached to an aromatic ring is 1. The van der Waals surface area contributed by atoms with Crippen LogP contribution in [0.25, 0.3) is 11.2 Å². The van der Waals surface area contributed by atoms with Crippen LogP contribution < -0.4 is 15.9 Å². The molecular formula is C9H15N5O6P+. The number of rotatable bonds is 5. The number of aromatic nitrogens is 4. The number of imidazole rings is 1. The van der Waals surface area contributed by atoms with Gasteiger partial charge in [0.2, 0.25) is 5.52 Å². The zero-order chi connectivity index (χ0) is 15.8. The first-order valence-electron chi connectivity index (χ1n) is 5.80. The second-order valence-corrected chi connectivity index (χ2v) is 5.68. The fourth-order valence-electron chi connectivity index (χ4n) is 1.91. The number of fused-ring (bicyclic) bond motifs is 1. The van der Waals surface area contributed by atoms with Gasteiger partial charge in [0.05, 0.1) is 20.2 Å². The molecule has 0 aromatic carbocycles. The molecule has 0 saturated carbocycles. The van der Waals surface area contributed by atoms with E-state index in [9.17, 15) is 14.5 Å². The number of aromatic amines is 1. The molecule has 0 radical (unpaired) electrons. The Labute approximate surface area is 117 Å². The number of aryl methyl sites for hydroxylation is 1. The van der Waals surface area contributed by atoms with Gasteiger partial charge in [0.15, 0.2) is 6.33 Å². The zero-order valence-electron chi connectivity index (χ0n) is 11.0. The Morgan fingerprint density at radius 1 is 1.62 bits per heavy atom. The molecule has 0 spiro atoms. The minimum Gasteiger partial charge on any atom is -0.387 e. The highest BCUT2D eigenvalue weighted by Gasteiger charge is 2.23. The molecule has 2 heterocycles. The van der Waals surface area contributed by atoms with E-state index in [2.05, 4.69) is 14.5 Å². The topological polar surface area (TPSA) is 168 Å². The Hall–Kier alpha value is -1.78. The number of phosphoric acid groups is 1. The molecule has 0 saturated heterocycles. The molecule has 0 aliphatic heterocycles. The van der Waals surface area contributed by atoms with E-state index in [0.29, 0.717) is 0 Å². The molecule has 2 aromatic heterocycles. The molecular weight excluding hydrogens is 305 g/mol. The second kappa shape index (κ2) is 5.54. The van der Waals surface area contributed by atoms with Crippen molar-refractivity contribution in [3.8, 4) is 0 Å². The summed E-state index contributed by atoms with van der Waals surface area (Å²) in [7, 11) is -3.03. The lowest BCUT2D eigenvalue weighted by atomic mass is 10.4. The lowest BCUT2D eigenvalue weighted by Crippen LogP contribution is -2.41. The molecule has 11 nitrogen and oxygen atoms in total. The molecule has 0 aliphatic carbocycles. The Bertz CT molecular complexity index is 764. The largest absolute Gasteiger partial charge is 0.469 e. The van der Waals surface area contributed by atoms with Gasteiger partial charge in [-0.15, -0.1) is 0 Å². The molecule has 1 atom stereocenters. The van der Waals surface area contributed by atoms with Crippen molar-refractivity contribution >= 4 is 24.9 Å². The normalized spacial score (nSPS) is 13.7. The van der Waals surface area contributed by atoms with E-state index < -0.39 is 26.1 Å². The first-order chi connectivity index (χ1) is 9.67. The summed E-state index contributed by atoms with van der Waals surface area (Å²) >= 11 is 0. The third kappa shape index (κ3) is 3.65. The minimum absolute atomic E-state index is 0.0755. The van der Waals surface area contributed by atoms with Crippen molar-refractivity contribution in [1.82, 2.24) is 14.5 Å². The van der Waals surface area contributed by atoms with E-state index >= 15 is 0 Å². The predicted octanol–water partition coefficient (Wildman–Crippen LogP) is -2.40. The van der Waals surface area contributed by atoms with Gasteiger partial charge in [0.25, 0.3) is 11.5 Å². The molecule has 1 unspecified atom stereocenters. The minimum atomic E-state index is -4.65. The van der Waals surface area contributed by atoms with E-state index in [1.165, 1.54) is 15.5 Å². The van der Waals surface area contributed by atoms with Crippen LogP contribution in [0.4, 0.5) is 5.95 Å². The number of hydrogen-bond acceptors (Lipinski definition) is 6. The van der Waals surface area contributed by atoms with Gasteiger partial charge in [-0.05, 0) is 0 Å². The van der Waals surface area contributed by atoms with E-state index in [1.807, 2.05) is 0 Å². The molecule has 2 rings (SSSR count). The van der Waals surface area contributed by atoms with Crippen molar-refractivity contribution in [3.63, 3.8) is 0 Å². The van der Waals surface area contributed by atoms with Crippen LogP contribution in [-0.2, 0) is 22.7 Å². The van der Waals surface area contributed by atoms with Crippen LogP contribution in [0.15, 0.2) is 11.1 Å².